The fourth-order valence-corrected chi connectivity index (χ4v) is 1.93. The molecular weight excluding hydrogens is 288 g/mol. The highest BCUT2D eigenvalue weighted by atomic mass is 19.2. The van der Waals surface area contributed by atoms with Crippen LogP contribution in [-0.4, -0.2) is 19.1 Å². The van der Waals surface area contributed by atoms with Crippen LogP contribution in [0.1, 0.15) is 5.56 Å². The van der Waals surface area contributed by atoms with Gasteiger partial charge in [-0.1, -0.05) is 12.1 Å². The number of rotatable bonds is 4. The highest BCUT2D eigenvalue weighted by Crippen LogP contribution is 2.27. The van der Waals surface area contributed by atoms with Crippen molar-refractivity contribution in [2.45, 2.75) is 6.54 Å². The largest absolute Gasteiger partial charge is 0.497 e. The van der Waals surface area contributed by atoms with Crippen molar-refractivity contribution in [2.75, 3.05) is 19.1 Å². The monoisotopic (exact) mass is 300 g/mol. The molecule has 1 aromatic carbocycles. The van der Waals surface area contributed by atoms with Crippen LogP contribution < -0.4 is 9.64 Å². The van der Waals surface area contributed by atoms with E-state index < -0.39 is 29.2 Å². The maximum absolute atomic E-state index is 13.6. The normalized spacial score (nSPS) is 10.6. The highest BCUT2D eigenvalue weighted by molar-refractivity contribution is 5.48. The maximum Gasteiger partial charge on any atom is 0.253 e. The van der Waals surface area contributed by atoms with Gasteiger partial charge in [0.2, 0.25) is 11.6 Å². The number of ether oxygens (including phenoxy) is 1. The molecule has 21 heavy (non-hydrogen) atoms. The minimum absolute atomic E-state index is 0.0356. The van der Waals surface area contributed by atoms with Crippen LogP contribution in [0.2, 0.25) is 0 Å². The fourth-order valence-electron chi connectivity index (χ4n) is 1.93. The summed E-state index contributed by atoms with van der Waals surface area (Å²) in [7, 11) is 2.80. The molecule has 1 aromatic heterocycles. The highest BCUT2D eigenvalue weighted by Gasteiger charge is 2.23. The summed E-state index contributed by atoms with van der Waals surface area (Å²) in [6.45, 7) is 0.0356. The first-order valence-corrected chi connectivity index (χ1v) is 5.98. The van der Waals surface area contributed by atoms with Crippen LogP contribution in [0, 0.1) is 23.5 Å². The number of anilines is 1. The van der Waals surface area contributed by atoms with Crippen LogP contribution in [0.5, 0.6) is 5.75 Å². The summed E-state index contributed by atoms with van der Waals surface area (Å²) >= 11 is 0. The smallest absolute Gasteiger partial charge is 0.253 e. The van der Waals surface area contributed by atoms with Gasteiger partial charge in [-0.2, -0.15) is 22.5 Å². The summed E-state index contributed by atoms with van der Waals surface area (Å²) in [4.78, 5) is 3.58. The first-order valence-electron chi connectivity index (χ1n) is 5.98. The molecule has 0 atom stereocenters. The Kier molecular flexibility index (Phi) is 4.30. The van der Waals surface area contributed by atoms with Crippen LogP contribution in [0.4, 0.5) is 23.2 Å². The Bertz CT molecular complexity index is 637. The molecule has 0 unspecified atom stereocenters. The predicted octanol–water partition coefficient (Wildman–Crippen LogP) is 3.28. The van der Waals surface area contributed by atoms with Crippen molar-refractivity contribution >= 4 is 5.69 Å². The lowest BCUT2D eigenvalue weighted by Gasteiger charge is -2.21. The Labute approximate surface area is 118 Å². The summed E-state index contributed by atoms with van der Waals surface area (Å²) in [5.41, 5.74) is -0.143. The lowest BCUT2D eigenvalue weighted by Crippen LogP contribution is -2.21. The van der Waals surface area contributed by atoms with Crippen LogP contribution in [-0.2, 0) is 6.54 Å². The van der Waals surface area contributed by atoms with E-state index >= 15 is 0 Å². The summed E-state index contributed by atoms with van der Waals surface area (Å²) in [6.07, 6.45) is 0. The molecule has 0 aliphatic carbocycles. The molecule has 2 rings (SSSR count). The number of hydrogen-bond acceptors (Lipinski definition) is 3. The molecule has 0 amide bonds. The van der Waals surface area contributed by atoms with E-state index in [1.54, 1.807) is 24.3 Å². The molecule has 0 bridgehead atoms. The Morgan fingerprint density at radius 3 is 2.29 bits per heavy atom. The van der Waals surface area contributed by atoms with Gasteiger partial charge in [0.1, 0.15) is 11.4 Å². The fraction of sp³-hybridized carbons (Fsp3) is 0.214. The molecule has 0 saturated carbocycles. The van der Waals surface area contributed by atoms with Crippen LogP contribution >= 0.6 is 0 Å². The number of pyridine rings is 1. The maximum atomic E-state index is 13.6. The molecule has 0 fully saturated rings. The van der Waals surface area contributed by atoms with E-state index in [9.17, 15) is 17.6 Å². The number of nitrogens with zero attached hydrogens (tertiary/aromatic N) is 2. The number of aromatic nitrogens is 1. The van der Waals surface area contributed by atoms with Crippen molar-refractivity contribution in [1.82, 2.24) is 4.98 Å². The number of halogens is 4. The zero-order chi connectivity index (χ0) is 15.6. The second kappa shape index (κ2) is 5.99. The lowest BCUT2D eigenvalue weighted by atomic mass is 10.2. The molecule has 3 nitrogen and oxygen atoms in total. The molecule has 7 heteroatoms. The van der Waals surface area contributed by atoms with Gasteiger partial charge in [-0.05, 0) is 17.7 Å². The summed E-state index contributed by atoms with van der Waals surface area (Å²) in [5.74, 6) is -5.85. The van der Waals surface area contributed by atoms with E-state index in [1.165, 1.54) is 14.2 Å². The Hall–Kier alpha value is -2.31. The quantitative estimate of drug-likeness (QED) is 0.640. The van der Waals surface area contributed by atoms with E-state index in [-0.39, 0.29) is 6.54 Å². The lowest BCUT2D eigenvalue weighted by molar-refractivity contribution is 0.406. The first-order chi connectivity index (χ1) is 9.93. The van der Waals surface area contributed by atoms with Crippen LogP contribution in [0.25, 0.3) is 0 Å². The van der Waals surface area contributed by atoms with Crippen molar-refractivity contribution in [3.8, 4) is 5.75 Å². The third kappa shape index (κ3) is 3.07. The topological polar surface area (TPSA) is 25.4 Å². The van der Waals surface area contributed by atoms with Gasteiger partial charge in [-0.15, -0.1) is 0 Å². The summed E-state index contributed by atoms with van der Waals surface area (Å²) in [5, 5.41) is 0. The van der Waals surface area contributed by atoms with Crippen molar-refractivity contribution in [2.24, 2.45) is 0 Å². The zero-order valence-electron chi connectivity index (χ0n) is 11.3. The van der Waals surface area contributed by atoms with Gasteiger partial charge in [0.25, 0.3) is 11.9 Å². The third-order valence-electron chi connectivity index (χ3n) is 2.91. The minimum Gasteiger partial charge on any atom is -0.497 e. The van der Waals surface area contributed by atoms with E-state index in [2.05, 4.69) is 4.98 Å². The molecule has 0 aliphatic heterocycles. The molecule has 112 valence electrons. The molecule has 1 heterocycles. The van der Waals surface area contributed by atoms with Gasteiger partial charge in [0.05, 0.1) is 7.11 Å². The first kappa shape index (κ1) is 15.1. The number of methoxy groups -OCH3 is 1. The SMILES string of the molecule is COc1cccc(CN(C)c2c(F)c(F)nc(F)c2F)c1. The number of benzene rings is 1. The Morgan fingerprint density at radius 2 is 1.71 bits per heavy atom. The second-order valence-corrected chi connectivity index (χ2v) is 4.38. The second-order valence-electron chi connectivity index (χ2n) is 4.38. The average molecular weight is 300 g/mol. The molecule has 2 aromatic rings. The van der Waals surface area contributed by atoms with E-state index in [1.807, 2.05) is 0 Å². The van der Waals surface area contributed by atoms with Gasteiger partial charge in [0.15, 0.2) is 0 Å². The van der Waals surface area contributed by atoms with Crippen molar-refractivity contribution in [1.29, 1.82) is 0 Å². The van der Waals surface area contributed by atoms with Gasteiger partial charge >= 0.3 is 0 Å². The van der Waals surface area contributed by atoms with Crippen molar-refractivity contribution in [3.63, 3.8) is 0 Å². The molecule has 0 saturated heterocycles. The van der Waals surface area contributed by atoms with Crippen molar-refractivity contribution < 1.29 is 22.3 Å². The van der Waals surface area contributed by atoms with Crippen LogP contribution in [0.15, 0.2) is 24.3 Å². The third-order valence-corrected chi connectivity index (χ3v) is 2.91. The van der Waals surface area contributed by atoms with Gasteiger partial charge in [0, 0.05) is 13.6 Å². The molecule has 0 spiro atoms. The van der Waals surface area contributed by atoms with Gasteiger partial charge in [-0.3, -0.25) is 0 Å². The zero-order valence-corrected chi connectivity index (χ0v) is 11.3. The minimum atomic E-state index is -1.68. The molecule has 0 aliphatic rings. The predicted molar refractivity (Wildman–Crippen MR) is 69.2 cm³/mol. The van der Waals surface area contributed by atoms with E-state index in [4.69, 9.17) is 4.74 Å². The molecular formula is C14H12F4N2O. The average Bonchev–Trinajstić information content (AvgIpc) is 2.45. The van der Waals surface area contributed by atoms with Crippen molar-refractivity contribution in [3.05, 3.63) is 53.4 Å². The Balaban J connectivity index is 2.34. The molecule has 0 radical (unpaired) electrons. The number of hydrogen-bond donors (Lipinski definition) is 0. The van der Waals surface area contributed by atoms with E-state index in [0.717, 1.165) is 4.90 Å². The molecule has 0 N–H and O–H groups in total. The summed E-state index contributed by atoms with van der Waals surface area (Å²) in [6, 6.07) is 6.75. The van der Waals surface area contributed by atoms with E-state index in [0.29, 0.717) is 11.3 Å². The standard InChI is InChI=1S/C14H12F4N2O/c1-20(7-8-4-3-5-9(6-8)21-2)12-10(15)13(17)19-14(18)11(12)16/h3-6H,7H2,1-2H3. The van der Waals surface area contributed by atoms with Crippen LogP contribution in [0.3, 0.4) is 0 Å². The summed E-state index contributed by atoms with van der Waals surface area (Å²) < 4.78 is 58.5. The van der Waals surface area contributed by atoms with Gasteiger partial charge < -0.3 is 9.64 Å². The van der Waals surface area contributed by atoms with Gasteiger partial charge in [-0.25, -0.2) is 0 Å². The Morgan fingerprint density at radius 1 is 1.10 bits per heavy atom.